The third-order valence-corrected chi connectivity index (χ3v) is 5.88. The summed E-state index contributed by atoms with van der Waals surface area (Å²) in [6.07, 6.45) is 8.78. The van der Waals surface area contributed by atoms with Gasteiger partial charge in [0.25, 0.3) is 0 Å². The molecule has 2 aliphatic rings. The van der Waals surface area contributed by atoms with Gasteiger partial charge >= 0.3 is 0 Å². The van der Waals surface area contributed by atoms with Gasteiger partial charge in [-0.1, -0.05) is 18.2 Å². The number of likely N-dealkylation sites (N-methyl/N-ethyl adjacent to an activating group) is 1. The van der Waals surface area contributed by atoms with E-state index >= 15 is 0 Å². The number of piperazine rings is 1. The SMILES string of the molecule is CN1CCN(CC(Cn2c(O)c3c(c2O)CC=CC3)OCc2cccnc2)CC1. The molecule has 2 aromatic rings. The summed E-state index contributed by atoms with van der Waals surface area (Å²) in [5.41, 5.74) is 2.67. The molecule has 1 unspecified atom stereocenters. The first-order chi connectivity index (χ1) is 14.1. The number of pyridine rings is 1. The number of hydrogen-bond donors (Lipinski definition) is 2. The van der Waals surface area contributed by atoms with Crippen LogP contribution < -0.4 is 0 Å². The smallest absolute Gasteiger partial charge is 0.197 e. The molecule has 0 aromatic carbocycles. The lowest BCUT2D eigenvalue weighted by molar-refractivity contribution is -0.00496. The molecule has 0 amide bonds. The van der Waals surface area contributed by atoms with Crippen LogP contribution >= 0.6 is 0 Å². The zero-order valence-corrected chi connectivity index (χ0v) is 17.0. The van der Waals surface area contributed by atoms with Gasteiger partial charge in [-0.05, 0) is 31.5 Å². The fourth-order valence-corrected chi connectivity index (χ4v) is 4.08. The molecular weight excluding hydrogens is 368 g/mol. The minimum atomic E-state index is -0.155. The average molecular weight is 399 g/mol. The average Bonchev–Trinajstić information content (AvgIpc) is 2.99. The first-order valence-corrected chi connectivity index (χ1v) is 10.3. The van der Waals surface area contributed by atoms with Crippen LogP contribution in [-0.4, -0.2) is 75.4 Å². The van der Waals surface area contributed by atoms with Gasteiger partial charge in [0.1, 0.15) is 0 Å². The summed E-state index contributed by atoms with van der Waals surface area (Å²) in [5, 5.41) is 21.4. The molecule has 0 saturated carbocycles. The van der Waals surface area contributed by atoms with E-state index in [9.17, 15) is 10.2 Å². The van der Waals surface area contributed by atoms with Gasteiger partial charge in [0, 0.05) is 56.2 Å². The van der Waals surface area contributed by atoms with Gasteiger partial charge in [0.15, 0.2) is 11.8 Å². The number of nitrogens with zero attached hydrogens (tertiary/aromatic N) is 4. The zero-order valence-electron chi connectivity index (χ0n) is 17.0. The Bertz CT molecular complexity index is 810. The van der Waals surface area contributed by atoms with Gasteiger partial charge in [0.05, 0.1) is 19.3 Å². The number of aromatic hydroxyl groups is 2. The van der Waals surface area contributed by atoms with Gasteiger partial charge in [-0.25, -0.2) is 0 Å². The summed E-state index contributed by atoms with van der Waals surface area (Å²) in [5.74, 6) is 0.324. The van der Waals surface area contributed by atoms with E-state index in [1.165, 1.54) is 0 Å². The standard InChI is InChI=1S/C22H30N4O3/c1-24-9-11-25(12-10-24)14-18(29-16-17-5-4-8-23-13-17)15-26-21(27)19-6-2-3-7-20(19)22(26)28/h2-5,8,13,18,27-28H,6-7,9-12,14-16H2,1H3. The molecule has 4 rings (SSSR count). The fraction of sp³-hybridized carbons (Fsp3) is 0.500. The third-order valence-electron chi connectivity index (χ3n) is 5.88. The highest BCUT2D eigenvalue weighted by Crippen LogP contribution is 2.37. The van der Waals surface area contributed by atoms with Crippen molar-refractivity contribution in [1.29, 1.82) is 0 Å². The number of hydrogen-bond acceptors (Lipinski definition) is 6. The predicted octanol–water partition coefficient (Wildman–Crippen LogP) is 1.78. The summed E-state index contributed by atoms with van der Waals surface area (Å²) in [7, 11) is 2.14. The number of fused-ring (bicyclic) bond motifs is 1. The number of allylic oxidation sites excluding steroid dienone is 2. The van der Waals surface area contributed by atoms with Crippen molar-refractivity contribution in [2.45, 2.75) is 32.1 Å². The van der Waals surface area contributed by atoms with Crippen molar-refractivity contribution in [2.75, 3.05) is 39.8 Å². The van der Waals surface area contributed by atoms with Crippen molar-refractivity contribution in [1.82, 2.24) is 19.4 Å². The molecule has 2 aromatic heterocycles. The molecule has 1 fully saturated rings. The molecule has 2 N–H and O–H groups in total. The van der Waals surface area contributed by atoms with E-state index in [4.69, 9.17) is 4.74 Å². The van der Waals surface area contributed by atoms with Gasteiger partial charge < -0.3 is 19.8 Å². The molecule has 1 saturated heterocycles. The summed E-state index contributed by atoms with van der Waals surface area (Å²) in [4.78, 5) is 8.88. The topological polar surface area (TPSA) is 74.0 Å². The van der Waals surface area contributed by atoms with Crippen molar-refractivity contribution >= 4 is 0 Å². The highest BCUT2D eigenvalue weighted by Gasteiger charge is 2.26. The maximum atomic E-state index is 10.7. The van der Waals surface area contributed by atoms with Gasteiger partial charge in [-0.15, -0.1) is 0 Å². The first kappa shape index (κ1) is 19.9. The quantitative estimate of drug-likeness (QED) is 0.693. The van der Waals surface area contributed by atoms with Crippen LogP contribution in [-0.2, 0) is 30.7 Å². The van der Waals surface area contributed by atoms with E-state index in [0.29, 0.717) is 26.0 Å². The van der Waals surface area contributed by atoms with E-state index in [0.717, 1.165) is 49.4 Å². The summed E-state index contributed by atoms with van der Waals surface area (Å²) < 4.78 is 7.86. The van der Waals surface area contributed by atoms with Crippen LogP contribution in [0, 0.1) is 0 Å². The number of aromatic nitrogens is 2. The molecule has 1 aliphatic carbocycles. The van der Waals surface area contributed by atoms with E-state index in [-0.39, 0.29) is 17.9 Å². The van der Waals surface area contributed by atoms with Crippen LogP contribution in [0.5, 0.6) is 11.8 Å². The Morgan fingerprint density at radius 2 is 1.72 bits per heavy atom. The maximum Gasteiger partial charge on any atom is 0.197 e. The van der Waals surface area contributed by atoms with Crippen molar-refractivity contribution in [3.8, 4) is 11.8 Å². The summed E-state index contributed by atoms with van der Waals surface area (Å²) in [6.45, 7) is 5.69. The molecule has 0 bridgehead atoms. The Morgan fingerprint density at radius 1 is 1.03 bits per heavy atom. The molecule has 1 aliphatic heterocycles. The third kappa shape index (κ3) is 4.63. The lowest BCUT2D eigenvalue weighted by Gasteiger charge is -2.34. The van der Waals surface area contributed by atoms with E-state index in [1.807, 2.05) is 30.5 Å². The predicted molar refractivity (Wildman–Crippen MR) is 111 cm³/mol. The normalized spacial score (nSPS) is 18.7. The van der Waals surface area contributed by atoms with Crippen LogP contribution in [0.25, 0.3) is 0 Å². The van der Waals surface area contributed by atoms with Crippen molar-refractivity contribution < 1.29 is 14.9 Å². The Kier molecular flexibility index (Phi) is 6.18. The second kappa shape index (κ2) is 8.98. The largest absolute Gasteiger partial charge is 0.494 e. The lowest BCUT2D eigenvalue weighted by atomic mass is 10.0. The van der Waals surface area contributed by atoms with E-state index < -0.39 is 0 Å². The van der Waals surface area contributed by atoms with Crippen LogP contribution in [0.3, 0.4) is 0 Å². The van der Waals surface area contributed by atoms with Crippen molar-refractivity contribution in [3.05, 3.63) is 53.4 Å². The Balaban J connectivity index is 1.49. The molecule has 7 nitrogen and oxygen atoms in total. The maximum absolute atomic E-state index is 10.7. The van der Waals surface area contributed by atoms with Gasteiger partial charge in [-0.3, -0.25) is 14.5 Å². The summed E-state index contributed by atoms with van der Waals surface area (Å²) >= 11 is 0. The Morgan fingerprint density at radius 3 is 2.34 bits per heavy atom. The summed E-state index contributed by atoms with van der Waals surface area (Å²) in [6, 6.07) is 3.90. The second-order valence-corrected chi connectivity index (χ2v) is 7.99. The number of rotatable bonds is 7. The Labute approximate surface area is 171 Å². The Hall–Kier alpha value is -2.35. The highest BCUT2D eigenvalue weighted by molar-refractivity contribution is 5.49. The molecule has 29 heavy (non-hydrogen) atoms. The zero-order chi connectivity index (χ0) is 20.2. The molecule has 3 heterocycles. The van der Waals surface area contributed by atoms with E-state index in [1.54, 1.807) is 10.8 Å². The fourth-order valence-electron chi connectivity index (χ4n) is 4.08. The van der Waals surface area contributed by atoms with Crippen LogP contribution in [0.1, 0.15) is 16.7 Å². The van der Waals surface area contributed by atoms with Crippen LogP contribution in [0.2, 0.25) is 0 Å². The molecular formula is C22H30N4O3. The van der Waals surface area contributed by atoms with Crippen molar-refractivity contribution in [3.63, 3.8) is 0 Å². The second-order valence-electron chi connectivity index (χ2n) is 7.99. The minimum Gasteiger partial charge on any atom is -0.494 e. The molecule has 156 valence electrons. The molecule has 0 spiro atoms. The van der Waals surface area contributed by atoms with Crippen LogP contribution in [0.4, 0.5) is 0 Å². The lowest BCUT2D eigenvalue weighted by Crippen LogP contribution is -2.48. The van der Waals surface area contributed by atoms with E-state index in [2.05, 4.69) is 21.8 Å². The van der Waals surface area contributed by atoms with Gasteiger partial charge in [-0.2, -0.15) is 0 Å². The van der Waals surface area contributed by atoms with Crippen LogP contribution in [0.15, 0.2) is 36.7 Å². The minimum absolute atomic E-state index is 0.155. The molecule has 0 radical (unpaired) electrons. The molecule has 1 atom stereocenters. The van der Waals surface area contributed by atoms with Gasteiger partial charge in [0.2, 0.25) is 0 Å². The number of ether oxygens (including phenoxy) is 1. The molecule has 7 heteroatoms. The first-order valence-electron chi connectivity index (χ1n) is 10.3. The monoisotopic (exact) mass is 398 g/mol. The van der Waals surface area contributed by atoms with Crippen molar-refractivity contribution in [2.24, 2.45) is 0 Å². The highest BCUT2D eigenvalue weighted by atomic mass is 16.5.